The van der Waals surface area contributed by atoms with Gasteiger partial charge in [0.1, 0.15) is 30.7 Å². The lowest BCUT2D eigenvalue weighted by Crippen LogP contribution is -2.22. The number of thioether (sulfide) groups is 2. The van der Waals surface area contributed by atoms with Crippen LogP contribution in [0.25, 0.3) is 94.8 Å². The van der Waals surface area contributed by atoms with E-state index in [1.807, 2.05) is 12.1 Å². The lowest BCUT2D eigenvalue weighted by Gasteiger charge is -2.24. The summed E-state index contributed by atoms with van der Waals surface area (Å²) < 4.78 is 56.6. The van der Waals surface area contributed by atoms with Gasteiger partial charge in [0.05, 0.1) is 63.8 Å². The molecule has 2 fully saturated rings. The Kier molecular flexibility index (Phi) is 9.74. The molecule has 4 aliphatic rings. The summed E-state index contributed by atoms with van der Waals surface area (Å²) in [4.78, 5) is 33.0. The molecule has 2 aliphatic carbocycles. The van der Waals surface area contributed by atoms with Crippen molar-refractivity contribution in [3.8, 4) is 41.8 Å². The summed E-state index contributed by atoms with van der Waals surface area (Å²) >= 11 is 35.0. The molecule has 2 aliphatic heterocycles. The number of amides is 2. The molecule has 8 heterocycles. The van der Waals surface area contributed by atoms with E-state index in [1.165, 1.54) is 75.6 Å². The zero-order chi connectivity index (χ0) is 47.4. The molecule has 0 unspecified atom stereocenters. The predicted molar refractivity (Wildman–Crippen MR) is 293 cm³/mol. The first-order chi connectivity index (χ1) is 32.4. The van der Waals surface area contributed by atoms with Gasteiger partial charge in [0.15, 0.2) is 11.6 Å². The average molecular weight is 1120 g/mol. The average Bonchev–Trinajstić information content (AvgIpc) is 4.18. The van der Waals surface area contributed by atoms with Gasteiger partial charge in [0, 0.05) is 65.0 Å². The first-order valence-corrected chi connectivity index (χ1v) is 28.3. The van der Waals surface area contributed by atoms with Crippen molar-refractivity contribution >= 4 is 213 Å². The van der Waals surface area contributed by atoms with E-state index in [0.29, 0.717) is 72.5 Å². The van der Waals surface area contributed by atoms with Gasteiger partial charge in [-0.2, -0.15) is 17.5 Å². The van der Waals surface area contributed by atoms with Gasteiger partial charge in [0.25, 0.3) is 11.8 Å². The van der Waals surface area contributed by atoms with Gasteiger partial charge in [-0.05, 0) is 69.8 Å². The number of carbonyl (C=O) groups is 2. The second-order valence-electron chi connectivity index (χ2n) is 17.7. The van der Waals surface area contributed by atoms with E-state index in [0.717, 1.165) is 65.8 Å². The Morgan fingerprint density at radius 2 is 0.985 bits per heavy atom. The highest BCUT2D eigenvalue weighted by Gasteiger charge is 2.46. The molecule has 9 aromatic rings. The molecule has 2 saturated heterocycles. The molecule has 0 saturated carbocycles. The minimum Gasteiger partial charge on any atom is -0.296 e. The number of benzene rings is 3. The molecular weight excluding hydrogens is 1100 g/mol. The zero-order valence-electron chi connectivity index (χ0n) is 35.6. The summed E-state index contributed by atoms with van der Waals surface area (Å²) in [6.45, 7) is 9.04. The van der Waals surface area contributed by atoms with E-state index >= 15 is 8.78 Å². The third-order valence-corrected chi connectivity index (χ3v) is 23.0. The summed E-state index contributed by atoms with van der Waals surface area (Å²) in [7, 11) is 3.21. The molecular formula is C46H24Cl2F2N6O2S10. The second-order valence-corrected chi connectivity index (χ2v) is 27.0. The molecule has 6 aromatic heterocycles. The van der Waals surface area contributed by atoms with Gasteiger partial charge in [0.2, 0.25) is 0 Å². The number of halogens is 4. The Morgan fingerprint density at radius 1 is 0.603 bits per heavy atom. The first kappa shape index (κ1) is 44.3. The highest BCUT2D eigenvalue weighted by atomic mass is 35.5. The van der Waals surface area contributed by atoms with Crippen molar-refractivity contribution in [1.82, 2.24) is 27.3 Å². The fourth-order valence-corrected chi connectivity index (χ4v) is 19.8. The predicted octanol–water partition coefficient (Wildman–Crippen LogP) is 15.4. The number of nitrogens with zero attached hydrogens (tertiary/aromatic N) is 6. The summed E-state index contributed by atoms with van der Waals surface area (Å²) in [5.41, 5.74) is 9.38. The van der Waals surface area contributed by atoms with Gasteiger partial charge < -0.3 is 0 Å². The zero-order valence-corrected chi connectivity index (χ0v) is 45.2. The third kappa shape index (κ3) is 5.85. The Bertz CT molecular complexity index is 3760. The fourth-order valence-electron chi connectivity index (χ4n) is 9.81. The van der Waals surface area contributed by atoms with E-state index in [-0.39, 0.29) is 32.7 Å². The molecule has 68 heavy (non-hydrogen) atoms. The normalized spacial score (nSPS) is 18.4. The van der Waals surface area contributed by atoms with E-state index in [2.05, 4.69) is 57.3 Å². The first-order valence-electron chi connectivity index (χ1n) is 20.4. The SMILES string of the molecule is CN1C(=O)/C(=C/c2c(Cl)c(F)c(-c3cc4sc5c(c4s3)C(C)(C)c3cc4c(cc3-5)C(C)(C)c3c-4sc4cc(-c5c(F)c(Cl)c(/C=C6\SC(=S)N(C)C6=O)c6nsnc56)sc34)c3nsnc23)SC1=S. The summed E-state index contributed by atoms with van der Waals surface area (Å²) in [6.07, 6.45) is 3.12. The molecule has 0 radical (unpaired) electrons. The fraction of sp³-hybridized carbons (Fsp3) is 0.174. The lowest BCUT2D eigenvalue weighted by molar-refractivity contribution is -0.122. The molecule has 0 bridgehead atoms. The molecule has 13 rings (SSSR count). The number of fused-ring (bicyclic) bond motifs is 12. The maximum Gasteiger partial charge on any atom is 0.265 e. The summed E-state index contributed by atoms with van der Waals surface area (Å²) in [5.74, 6) is -1.78. The van der Waals surface area contributed by atoms with E-state index in [9.17, 15) is 9.59 Å². The Morgan fingerprint density at radius 3 is 1.35 bits per heavy atom. The van der Waals surface area contributed by atoms with Crippen LogP contribution in [0.5, 0.6) is 0 Å². The molecule has 0 N–H and O–H groups in total. The third-order valence-electron chi connectivity index (χ3n) is 13.2. The molecule has 338 valence electrons. The topological polar surface area (TPSA) is 92.2 Å². The van der Waals surface area contributed by atoms with Gasteiger partial charge in [-0.15, -0.1) is 45.3 Å². The summed E-state index contributed by atoms with van der Waals surface area (Å²) in [6, 6.07) is 8.81. The van der Waals surface area contributed by atoms with Crippen molar-refractivity contribution in [1.29, 1.82) is 0 Å². The van der Waals surface area contributed by atoms with Crippen molar-refractivity contribution in [2.75, 3.05) is 14.1 Å². The second kappa shape index (κ2) is 15.0. The maximum absolute atomic E-state index is 16.7. The van der Waals surface area contributed by atoms with Crippen molar-refractivity contribution in [2.24, 2.45) is 0 Å². The Balaban J connectivity index is 0.881. The monoisotopic (exact) mass is 1120 g/mol. The van der Waals surface area contributed by atoms with Crippen LogP contribution in [0.15, 0.2) is 34.1 Å². The number of aromatic nitrogens is 4. The van der Waals surface area contributed by atoms with Crippen molar-refractivity contribution < 1.29 is 18.4 Å². The number of thiophene rings is 4. The molecule has 0 atom stereocenters. The van der Waals surface area contributed by atoms with Gasteiger partial charge in [-0.3, -0.25) is 19.4 Å². The Hall–Kier alpha value is -3.64. The number of hydrogen-bond donors (Lipinski definition) is 0. The van der Waals surface area contributed by atoms with Crippen LogP contribution >= 0.6 is 140 Å². The number of rotatable bonds is 4. The standard InChI is InChI=1S/C46H24Cl2F2N6O2S10/c1-45(2)17-7-14-18(8-13(17)37-27(45)39-21(63-37)11-19(61-39)25-31(49)29(47)15(33-35(25)53-67-51-33)9-23-41(57)55(5)43(59)65-23)46(3,4)28-38(14)64-22-12-20(62-40(22)28)26-32(50)30(48)16(34-36(26)54-68-52-34)10-24-42(58)56(6)44(60)66-24/h7-12H,1-6H3/b23-9-,24-10-. The van der Waals surface area contributed by atoms with Gasteiger partial charge >= 0.3 is 0 Å². The maximum atomic E-state index is 16.7. The molecule has 0 spiro atoms. The smallest absolute Gasteiger partial charge is 0.265 e. The highest BCUT2D eigenvalue weighted by molar-refractivity contribution is 8.27. The van der Waals surface area contributed by atoms with Crippen LogP contribution in [0.3, 0.4) is 0 Å². The minimum absolute atomic E-state index is 0.122. The van der Waals surface area contributed by atoms with E-state index in [1.54, 1.807) is 48.9 Å². The van der Waals surface area contributed by atoms with Crippen molar-refractivity contribution in [3.63, 3.8) is 0 Å². The van der Waals surface area contributed by atoms with Gasteiger partial charge in [-0.25, -0.2) is 8.78 Å². The van der Waals surface area contributed by atoms with Crippen LogP contribution in [0.4, 0.5) is 8.78 Å². The van der Waals surface area contributed by atoms with Crippen LogP contribution in [0.2, 0.25) is 10.0 Å². The molecule has 22 heteroatoms. The van der Waals surface area contributed by atoms with Crippen molar-refractivity contribution in [2.45, 2.75) is 38.5 Å². The number of thiocarbonyl (C=S) groups is 2. The lowest BCUT2D eigenvalue weighted by atomic mass is 9.79. The van der Waals surface area contributed by atoms with Crippen molar-refractivity contribution in [3.05, 3.63) is 89.1 Å². The van der Waals surface area contributed by atoms with Crippen LogP contribution < -0.4 is 0 Å². The van der Waals surface area contributed by atoms with E-state index < -0.39 is 11.6 Å². The molecule has 2 amide bonds. The number of hydrogen-bond acceptors (Lipinski definition) is 16. The van der Waals surface area contributed by atoms with Crippen LogP contribution in [0.1, 0.15) is 61.1 Å². The van der Waals surface area contributed by atoms with Crippen LogP contribution in [0, 0.1) is 11.6 Å². The summed E-state index contributed by atoms with van der Waals surface area (Å²) in [5, 5.41) is -0.244. The number of carbonyl (C=O) groups excluding carboxylic acids is 2. The van der Waals surface area contributed by atoms with E-state index in [4.69, 9.17) is 47.6 Å². The van der Waals surface area contributed by atoms with Gasteiger partial charge in [-0.1, -0.05) is 98.9 Å². The minimum atomic E-state index is -0.611. The Labute approximate surface area is 438 Å². The van der Waals surface area contributed by atoms with Crippen LogP contribution in [-0.4, -0.2) is 61.8 Å². The quantitative estimate of drug-likeness (QED) is 0.125. The highest BCUT2D eigenvalue weighted by Crippen LogP contribution is 2.64. The number of likely N-dealkylation sites (N-methyl/N-ethyl adjacent to an activating group) is 2. The van der Waals surface area contributed by atoms with Crippen LogP contribution in [-0.2, 0) is 20.4 Å². The molecule has 3 aromatic carbocycles. The molecule has 8 nitrogen and oxygen atoms in total. The largest absolute Gasteiger partial charge is 0.296 e.